The predicted molar refractivity (Wildman–Crippen MR) is 73.3 cm³/mol. The highest BCUT2D eigenvalue weighted by Crippen LogP contribution is 2.24. The highest BCUT2D eigenvalue weighted by Gasteiger charge is 2.16. The maximum atomic E-state index is 11.3. The first kappa shape index (κ1) is 14.3. The Morgan fingerprint density at radius 1 is 1.44 bits per heavy atom. The number of rotatable bonds is 3. The monoisotopic (exact) mass is 269 g/mol. The van der Waals surface area contributed by atoms with E-state index in [4.69, 9.17) is 10.2 Å². The van der Waals surface area contributed by atoms with Crippen LogP contribution in [0.5, 0.6) is 0 Å². The van der Waals surface area contributed by atoms with E-state index < -0.39 is 5.91 Å². The number of anilines is 1. The first-order valence-electron chi connectivity index (χ1n) is 5.43. The van der Waals surface area contributed by atoms with Crippen LogP contribution in [-0.2, 0) is 0 Å². The largest absolute Gasteiger partial charge is 0.423 e. The first-order valence-corrected chi connectivity index (χ1v) is 5.43. The lowest BCUT2D eigenvalue weighted by Gasteiger charge is -2.18. The minimum atomic E-state index is -0.498. The van der Waals surface area contributed by atoms with Crippen molar-refractivity contribution < 1.29 is 9.21 Å². The molecule has 2 rings (SSSR count). The molecule has 0 aliphatic carbocycles. The molecule has 0 unspecified atom stereocenters. The van der Waals surface area contributed by atoms with E-state index in [1.807, 2.05) is 25.8 Å². The van der Waals surface area contributed by atoms with Gasteiger partial charge in [-0.1, -0.05) is 6.07 Å². The van der Waals surface area contributed by atoms with Crippen LogP contribution in [0.25, 0.3) is 11.1 Å². The molecule has 0 saturated carbocycles. The molecule has 2 N–H and O–H groups in total. The number of halogens is 1. The molecule has 2 aromatic rings. The molecule has 0 bridgehead atoms. The quantitative estimate of drug-likeness (QED) is 0.927. The number of primary amides is 1. The zero-order chi connectivity index (χ0) is 12.6. The SMILES string of the molecule is CC(C)N(C)c1nc2c(C(N)=O)cccc2o1.Cl. The zero-order valence-corrected chi connectivity index (χ0v) is 11.3. The van der Waals surface area contributed by atoms with Crippen LogP contribution in [0.2, 0.25) is 0 Å². The Morgan fingerprint density at radius 3 is 2.67 bits per heavy atom. The van der Waals surface area contributed by atoms with Crippen molar-refractivity contribution in [3.63, 3.8) is 0 Å². The number of aromatic nitrogens is 1. The Morgan fingerprint density at radius 2 is 2.11 bits per heavy atom. The first-order chi connectivity index (χ1) is 8.00. The highest BCUT2D eigenvalue weighted by atomic mass is 35.5. The number of nitrogens with two attached hydrogens (primary N) is 1. The summed E-state index contributed by atoms with van der Waals surface area (Å²) in [4.78, 5) is 17.5. The van der Waals surface area contributed by atoms with Crippen LogP contribution < -0.4 is 10.6 Å². The number of benzene rings is 1. The van der Waals surface area contributed by atoms with E-state index in [1.54, 1.807) is 18.2 Å². The van der Waals surface area contributed by atoms with Crippen molar-refractivity contribution in [3.8, 4) is 0 Å². The van der Waals surface area contributed by atoms with Crippen LogP contribution in [0.3, 0.4) is 0 Å². The van der Waals surface area contributed by atoms with E-state index in [0.717, 1.165) is 0 Å². The normalized spacial score (nSPS) is 10.4. The van der Waals surface area contributed by atoms with Gasteiger partial charge in [0.05, 0.1) is 5.56 Å². The molecule has 1 aromatic carbocycles. The zero-order valence-electron chi connectivity index (χ0n) is 10.5. The fourth-order valence-corrected chi connectivity index (χ4v) is 1.51. The Bertz CT molecular complexity index is 565. The van der Waals surface area contributed by atoms with Crippen LogP contribution in [0.4, 0.5) is 6.01 Å². The molecular weight excluding hydrogens is 254 g/mol. The molecule has 6 heteroatoms. The van der Waals surface area contributed by atoms with E-state index in [2.05, 4.69) is 4.98 Å². The van der Waals surface area contributed by atoms with Gasteiger partial charge in [-0.05, 0) is 26.0 Å². The average molecular weight is 270 g/mol. The summed E-state index contributed by atoms with van der Waals surface area (Å²) >= 11 is 0. The molecule has 5 nitrogen and oxygen atoms in total. The number of oxazole rings is 1. The lowest BCUT2D eigenvalue weighted by Crippen LogP contribution is -2.25. The van der Waals surface area contributed by atoms with Gasteiger partial charge in [-0.15, -0.1) is 12.4 Å². The third kappa shape index (κ3) is 2.41. The fourth-order valence-electron chi connectivity index (χ4n) is 1.51. The molecule has 0 radical (unpaired) electrons. The third-order valence-corrected chi connectivity index (χ3v) is 2.75. The molecule has 98 valence electrons. The van der Waals surface area contributed by atoms with Gasteiger partial charge in [-0.25, -0.2) is 0 Å². The molecule has 0 aliphatic rings. The van der Waals surface area contributed by atoms with Gasteiger partial charge < -0.3 is 15.1 Å². The number of amides is 1. The van der Waals surface area contributed by atoms with Gasteiger partial charge in [-0.3, -0.25) is 4.79 Å². The van der Waals surface area contributed by atoms with Crippen LogP contribution >= 0.6 is 12.4 Å². The van der Waals surface area contributed by atoms with Crippen molar-refractivity contribution in [2.75, 3.05) is 11.9 Å². The van der Waals surface area contributed by atoms with Crippen molar-refractivity contribution in [2.45, 2.75) is 19.9 Å². The molecule has 1 heterocycles. The number of para-hydroxylation sites is 1. The molecular formula is C12H16ClN3O2. The van der Waals surface area contributed by atoms with Crippen molar-refractivity contribution in [3.05, 3.63) is 23.8 Å². The number of fused-ring (bicyclic) bond motifs is 1. The highest BCUT2D eigenvalue weighted by molar-refractivity contribution is 6.03. The summed E-state index contributed by atoms with van der Waals surface area (Å²) in [5, 5.41) is 0. The van der Waals surface area contributed by atoms with Crippen LogP contribution in [0, 0.1) is 0 Å². The summed E-state index contributed by atoms with van der Waals surface area (Å²) in [6.45, 7) is 4.06. The predicted octanol–water partition coefficient (Wildman–Crippen LogP) is 2.19. The molecule has 0 aliphatic heterocycles. The third-order valence-electron chi connectivity index (χ3n) is 2.75. The maximum absolute atomic E-state index is 11.3. The number of carbonyl (C=O) groups is 1. The number of hydrogen-bond donors (Lipinski definition) is 1. The second-order valence-corrected chi connectivity index (χ2v) is 4.22. The molecule has 0 spiro atoms. The number of nitrogens with zero attached hydrogens (tertiary/aromatic N) is 2. The minimum absolute atomic E-state index is 0. The van der Waals surface area contributed by atoms with E-state index >= 15 is 0 Å². The Balaban J connectivity index is 0.00000162. The van der Waals surface area contributed by atoms with Crippen molar-refractivity contribution in [1.82, 2.24) is 4.98 Å². The van der Waals surface area contributed by atoms with E-state index in [1.165, 1.54) is 0 Å². The molecule has 0 fully saturated rings. The van der Waals surface area contributed by atoms with Gasteiger partial charge in [0.1, 0.15) is 5.52 Å². The lowest BCUT2D eigenvalue weighted by molar-refractivity contribution is 0.100. The van der Waals surface area contributed by atoms with Gasteiger partial charge in [0.25, 0.3) is 11.9 Å². The van der Waals surface area contributed by atoms with Crippen LogP contribution in [0.15, 0.2) is 22.6 Å². The summed E-state index contributed by atoms with van der Waals surface area (Å²) in [7, 11) is 1.89. The van der Waals surface area contributed by atoms with Gasteiger partial charge >= 0.3 is 0 Å². The van der Waals surface area contributed by atoms with E-state index in [9.17, 15) is 4.79 Å². The van der Waals surface area contributed by atoms with Crippen LogP contribution in [-0.4, -0.2) is 24.0 Å². The molecule has 1 amide bonds. The summed E-state index contributed by atoms with van der Waals surface area (Å²) in [6.07, 6.45) is 0. The topological polar surface area (TPSA) is 72.4 Å². The minimum Gasteiger partial charge on any atom is -0.423 e. The van der Waals surface area contributed by atoms with Gasteiger partial charge in [0.2, 0.25) is 0 Å². The Labute approximate surface area is 111 Å². The number of hydrogen-bond acceptors (Lipinski definition) is 4. The van der Waals surface area contributed by atoms with Crippen molar-refractivity contribution in [2.24, 2.45) is 5.73 Å². The molecule has 0 atom stereocenters. The standard InChI is InChI=1S/C12H15N3O2.ClH/c1-7(2)15(3)12-14-10-8(11(13)16)5-4-6-9(10)17-12;/h4-7H,1-3H3,(H2,13,16);1H. The van der Waals surface area contributed by atoms with Crippen molar-refractivity contribution >= 4 is 35.4 Å². The van der Waals surface area contributed by atoms with Gasteiger partial charge in [0, 0.05) is 13.1 Å². The lowest BCUT2D eigenvalue weighted by atomic mass is 10.2. The smallest absolute Gasteiger partial charge is 0.298 e. The Kier molecular flexibility index (Phi) is 4.19. The van der Waals surface area contributed by atoms with E-state index in [-0.39, 0.29) is 18.4 Å². The van der Waals surface area contributed by atoms with Crippen molar-refractivity contribution in [1.29, 1.82) is 0 Å². The summed E-state index contributed by atoms with van der Waals surface area (Å²) in [6, 6.07) is 5.90. The summed E-state index contributed by atoms with van der Waals surface area (Å²) < 4.78 is 5.59. The molecule has 1 aromatic heterocycles. The van der Waals surface area contributed by atoms with Gasteiger partial charge in [0.15, 0.2) is 5.58 Å². The molecule has 18 heavy (non-hydrogen) atoms. The Hall–Kier alpha value is -1.75. The summed E-state index contributed by atoms with van der Waals surface area (Å²) in [5.41, 5.74) is 6.76. The second kappa shape index (κ2) is 5.27. The van der Waals surface area contributed by atoms with Gasteiger partial charge in [-0.2, -0.15) is 4.98 Å². The summed E-state index contributed by atoms with van der Waals surface area (Å²) in [5.74, 6) is -0.498. The maximum Gasteiger partial charge on any atom is 0.298 e. The van der Waals surface area contributed by atoms with E-state index in [0.29, 0.717) is 22.7 Å². The average Bonchev–Trinajstić information content (AvgIpc) is 2.70. The second-order valence-electron chi connectivity index (χ2n) is 4.22. The molecule has 0 saturated heterocycles. The fraction of sp³-hybridized carbons (Fsp3) is 0.333. The van der Waals surface area contributed by atoms with Crippen LogP contribution in [0.1, 0.15) is 24.2 Å². The number of carbonyl (C=O) groups excluding carboxylic acids is 1.